The molecule has 1 unspecified atom stereocenters. The molecule has 1 aliphatic heterocycles. The van der Waals surface area contributed by atoms with Crippen LogP contribution in [-0.2, 0) is 4.79 Å². The summed E-state index contributed by atoms with van der Waals surface area (Å²) >= 11 is 6.26. The average molecular weight is 352 g/mol. The fourth-order valence-corrected chi connectivity index (χ4v) is 3.58. The summed E-state index contributed by atoms with van der Waals surface area (Å²) < 4.78 is 1.77. The molecule has 0 bridgehead atoms. The zero-order chi connectivity index (χ0) is 17.6. The molecular formula is C20H18ClN3O. The second-order valence-corrected chi connectivity index (χ2v) is 6.87. The van der Waals surface area contributed by atoms with Crippen LogP contribution in [0.15, 0.2) is 48.7 Å². The lowest BCUT2D eigenvalue weighted by atomic mass is 9.87. The van der Waals surface area contributed by atoms with Gasteiger partial charge in [0.05, 0.1) is 11.9 Å². The van der Waals surface area contributed by atoms with Crippen LogP contribution in [0.1, 0.15) is 34.6 Å². The largest absolute Gasteiger partial charge is 0.310 e. The minimum absolute atomic E-state index is 0.000405. The van der Waals surface area contributed by atoms with Crippen molar-refractivity contribution in [2.45, 2.75) is 26.2 Å². The van der Waals surface area contributed by atoms with E-state index in [0.29, 0.717) is 11.4 Å². The molecule has 2 heterocycles. The van der Waals surface area contributed by atoms with Crippen LogP contribution in [0.3, 0.4) is 0 Å². The Hall–Kier alpha value is -2.59. The summed E-state index contributed by atoms with van der Waals surface area (Å²) in [4.78, 5) is 12.3. The second kappa shape index (κ2) is 6.05. The molecule has 3 aromatic rings. The molecule has 1 N–H and O–H groups in total. The van der Waals surface area contributed by atoms with Crippen LogP contribution in [0.2, 0.25) is 5.02 Å². The van der Waals surface area contributed by atoms with Crippen molar-refractivity contribution in [3.8, 4) is 5.69 Å². The number of hydrogen-bond acceptors (Lipinski definition) is 2. The first kappa shape index (κ1) is 15.9. The molecule has 5 heteroatoms. The minimum Gasteiger partial charge on any atom is -0.310 e. The third-order valence-corrected chi connectivity index (χ3v) is 5.14. The number of rotatable bonds is 2. The van der Waals surface area contributed by atoms with Gasteiger partial charge in [0.2, 0.25) is 5.91 Å². The molecule has 0 aliphatic carbocycles. The number of nitrogens with one attached hydrogen (secondary N) is 1. The lowest BCUT2D eigenvalue weighted by Crippen LogP contribution is -2.24. The van der Waals surface area contributed by atoms with Crippen molar-refractivity contribution in [1.82, 2.24) is 9.78 Å². The van der Waals surface area contributed by atoms with Gasteiger partial charge in [-0.25, -0.2) is 4.68 Å². The van der Waals surface area contributed by atoms with Gasteiger partial charge in [-0.05, 0) is 37.1 Å². The highest BCUT2D eigenvalue weighted by Crippen LogP contribution is 2.38. The Labute approximate surface area is 151 Å². The summed E-state index contributed by atoms with van der Waals surface area (Å²) in [5, 5.41) is 8.21. The van der Waals surface area contributed by atoms with Crippen molar-refractivity contribution in [3.63, 3.8) is 0 Å². The van der Waals surface area contributed by atoms with Gasteiger partial charge in [-0.2, -0.15) is 5.10 Å². The highest BCUT2D eigenvalue weighted by Gasteiger charge is 2.30. The third kappa shape index (κ3) is 2.72. The molecular weight excluding hydrogens is 334 g/mol. The normalized spacial score (nSPS) is 16.4. The number of aromatic nitrogens is 2. The molecule has 0 saturated heterocycles. The lowest BCUT2D eigenvalue weighted by Gasteiger charge is -2.24. The van der Waals surface area contributed by atoms with Crippen molar-refractivity contribution >= 4 is 23.3 Å². The summed E-state index contributed by atoms with van der Waals surface area (Å²) in [7, 11) is 0. The van der Waals surface area contributed by atoms with E-state index in [1.807, 2.05) is 37.4 Å². The van der Waals surface area contributed by atoms with Crippen LogP contribution < -0.4 is 5.32 Å². The van der Waals surface area contributed by atoms with Crippen LogP contribution in [0.25, 0.3) is 5.69 Å². The van der Waals surface area contributed by atoms with Gasteiger partial charge in [0.25, 0.3) is 0 Å². The molecule has 1 aliphatic rings. The van der Waals surface area contributed by atoms with Crippen molar-refractivity contribution in [2.75, 3.05) is 5.32 Å². The number of amides is 1. The first-order valence-corrected chi connectivity index (χ1v) is 8.62. The zero-order valence-corrected chi connectivity index (χ0v) is 14.8. The van der Waals surface area contributed by atoms with Crippen molar-refractivity contribution in [3.05, 3.63) is 75.9 Å². The summed E-state index contributed by atoms with van der Waals surface area (Å²) in [6, 6.07) is 14.0. The van der Waals surface area contributed by atoms with Crippen LogP contribution in [-0.4, -0.2) is 15.7 Å². The summed E-state index contributed by atoms with van der Waals surface area (Å²) in [6.07, 6.45) is 2.28. The van der Waals surface area contributed by atoms with Gasteiger partial charge in [-0.15, -0.1) is 0 Å². The van der Waals surface area contributed by atoms with E-state index in [2.05, 4.69) is 35.5 Å². The standard InChI is InChI=1S/C20H18ClN3O/c1-12-5-3-6-14(9-12)15-10-19(25)23-20-16(15)11-22-24(20)18-8-4-7-17(21)13(18)2/h3-9,11,15H,10H2,1-2H3,(H,23,25). The van der Waals surface area contributed by atoms with E-state index in [0.717, 1.165) is 28.2 Å². The maximum atomic E-state index is 12.3. The minimum atomic E-state index is 0.000405. The van der Waals surface area contributed by atoms with Crippen LogP contribution in [0, 0.1) is 13.8 Å². The second-order valence-electron chi connectivity index (χ2n) is 6.46. The van der Waals surface area contributed by atoms with E-state index in [1.165, 1.54) is 5.56 Å². The molecule has 1 amide bonds. The van der Waals surface area contributed by atoms with E-state index >= 15 is 0 Å². The first-order valence-electron chi connectivity index (χ1n) is 8.24. The van der Waals surface area contributed by atoms with E-state index in [4.69, 9.17) is 11.6 Å². The molecule has 4 nitrogen and oxygen atoms in total. The van der Waals surface area contributed by atoms with E-state index in [1.54, 1.807) is 4.68 Å². The number of anilines is 1. The molecule has 2 aromatic carbocycles. The van der Waals surface area contributed by atoms with Gasteiger partial charge in [0.15, 0.2) is 0 Å². The summed E-state index contributed by atoms with van der Waals surface area (Å²) in [5.74, 6) is 0.741. The molecule has 1 aromatic heterocycles. The van der Waals surface area contributed by atoms with E-state index in [-0.39, 0.29) is 11.8 Å². The highest BCUT2D eigenvalue weighted by atomic mass is 35.5. The predicted octanol–water partition coefficient (Wildman–Crippen LogP) is 4.62. The Kier molecular flexibility index (Phi) is 3.85. The number of carbonyl (C=O) groups excluding carboxylic acids is 1. The monoisotopic (exact) mass is 351 g/mol. The number of benzene rings is 2. The van der Waals surface area contributed by atoms with Crippen molar-refractivity contribution in [1.29, 1.82) is 0 Å². The van der Waals surface area contributed by atoms with Crippen LogP contribution in [0.4, 0.5) is 5.82 Å². The number of hydrogen-bond donors (Lipinski definition) is 1. The van der Waals surface area contributed by atoms with Gasteiger partial charge >= 0.3 is 0 Å². The molecule has 0 radical (unpaired) electrons. The maximum Gasteiger partial charge on any atom is 0.226 e. The molecule has 0 saturated carbocycles. The quantitative estimate of drug-likeness (QED) is 0.732. The molecule has 0 spiro atoms. The van der Waals surface area contributed by atoms with Crippen LogP contribution >= 0.6 is 11.6 Å². The maximum absolute atomic E-state index is 12.3. The lowest BCUT2D eigenvalue weighted by molar-refractivity contribution is -0.116. The van der Waals surface area contributed by atoms with Gasteiger partial charge in [-0.3, -0.25) is 4.79 Å². The summed E-state index contributed by atoms with van der Waals surface area (Å²) in [5.41, 5.74) is 5.16. The Morgan fingerprint density at radius 2 is 2.00 bits per heavy atom. The zero-order valence-electron chi connectivity index (χ0n) is 14.1. The number of carbonyl (C=O) groups is 1. The fourth-order valence-electron chi connectivity index (χ4n) is 3.41. The Bertz CT molecular complexity index is 977. The topological polar surface area (TPSA) is 46.9 Å². The highest BCUT2D eigenvalue weighted by molar-refractivity contribution is 6.31. The van der Waals surface area contributed by atoms with Crippen LogP contribution in [0.5, 0.6) is 0 Å². The molecule has 126 valence electrons. The SMILES string of the molecule is Cc1cccc(C2CC(=O)Nc3c2cnn3-c2cccc(Cl)c2C)c1. The molecule has 1 atom stereocenters. The van der Waals surface area contributed by atoms with Gasteiger partial charge in [0.1, 0.15) is 5.82 Å². The molecule has 4 rings (SSSR count). The van der Waals surface area contributed by atoms with Gasteiger partial charge in [-0.1, -0.05) is 47.5 Å². The van der Waals surface area contributed by atoms with Crippen molar-refractivity contribution < 1.29 is 4.79 Å². The number of nitrogens with zero attached hydrogens (tertiary/aromatic N) is 2. The van der Waals surface area contributed by atoms with Gasteiger partial charge in [0, 0.05) is 22.9 Å². The smallest absolute Gasteiger partial charge is 0.226 e. The Morgan fingerprint density at radius 3 is 2.80 bits per heavy atom. The molecule has 25 heavy (non-hydrogen) atoms. The number of halogens is 1. The van der Waals surface area contributed by atoms with E-state index in [9.17, 15) is 4.79 Å². The predicted molar refractivity (Wildman–Crippen MR) is 99.6 cm³/mol. The number of aryl methyl sites for hydroxylation is 1. The first-order chi connectivity index (χ1) is 12.0. The number of fused-ring (bicyclic) bond motifs is 1. The average Bonchev–Trinajstić information content (AvgIpc) is 3.00. The fraction of sp³-hybridized carbons (Fsp3) is 0.200. The Balaban J connectivity index is 1.86. The van der Waals surface area contributed by atoms with E-state index < -0.39 is 0 Å². The third-order valence-electron chi connectivity index (χ3n) is 4.73. The Morgan fingerprint density at radius 1 is 1.20 bits per heavy atom. The van der Waals surface area contributed by atoms with Crippen molar-refractivity contribution in [2.24, 2.45) is 0 Å². The van der Waals surface area contributed by atoms with Gasteiger partial charge < -0.3 is 5.32 Å². The summed E-state index contributed by atoms with van der Waals surface area (Å²) in [6.45, 7) is 4.01. The molecule has 0 fully saturated rings.